The molecule has 0 saturated heterocycles. The highest BCUT2D eigenvalue weighted by Gasteiger charge is 2.41. The van der Waals surface area contributed by atoms with Gasteiger partial charge in [0, 0.05) is 18.3 Å². The monoisotopic (exact) mass is 503 g/mol. The highest BCUT2D eigenvalue weighted by molar-refractivity contribution is 6.33. The first kappa shape index (κ1) is 24.3. The molecule has 1 saturated carbocycles. The third-order valence-corrected chi connectivity index (χ3v) is 7.07. The molecular weight excluding hydrogens is 474 g/mol. The molecule has 1 aliphatic carbocycles. The summed E-state index contributed by atoms with van der Waals surface area (Å²) in [6, 6.07) is 18.7. The molecule has 36 heavy (non-hydrogen) atoms. The fourth-order valence-corrected chi connectivity index (χ4v) is 4.95. The Kier molecular flexibility index (Phi) is 6.94. The van der Waals surface area contributed by atoms with Crippen LogP contribution in [0, 0.1) is 12.8 Å². The van der Waals surface area contributed by atoms with Crippen LogP contribution in [0.5, 0.6) is 0 Å². The SMILES string of the molecule is Cc1ccc(C(=O)N(CCCN)[C@@H](c2nn3ccc(Cl)c3c(=O)n2Cc2ccccc2)C2CC2)cc1. The van der Waals surface area contributed by atoms with Gasteiger partial charge >= 0.3 is 0 Å². The molecule has 5 rings (SSSR count). The zero-order chi connectivity index (χ0) is 25.2. The minimum absolute atomic E-state index is 0.0773. The number of nitrogens with zero attached hydrogens (tertiary/aromatic N) is 4. The van der Waals surface area contributed by atoms with Crippen molar-refractivity contribution in [3.05, 3.63) is 105 Å². The number of benzene rings is 2. The van der Waals surface area contributed by atoms with E-state index in [1.807, 2.05) is 66.4 Å². The highest BCUT2D eigenvalue weighted by Crippen LogP contribution is 2.44. The van der Waals surface area contributed by atoms with E-state index in [0.29, 0.717) is 48.0 Å². The van der Waals surface area contributed by atoms with Gasteiger partial charge in [-0.05, 0) is 62.4 Å². The van der Waals surface area contributed by atoms with Crippen LogP contribution in [0.15, 0.2) is 71.7 Å². The second-order valence-corrected chi connectivity index (χ2v) is 9.89. The Labute approximate surface area is 215 Å². The van der Waals surface area contributed by atoms with Gasteiger partial charge in [-0.2, -0.15) is 5.10 Å². The van der Waals surface area contributed by atoms with Crippen LogP contribution < -0.4 is 11.3 Å². The minimum Gasteiger partial charge on any atom is -0.330 e. The summed E-state index contributed by atoms with van der Waals surface area (Å²) in [6.07, 6.45) is 4.29. The molecule has 1 fully saturated rings. The van der Waals surface area contributed by atoms with Crippen LogP contribution in [0.4, 0.5) is 0 Å². The van der Waals surface area contributed by atoms with Crippen LogP contribution in [0.1, 0.15) is 52.6 Å². The van der Waals surface area contributed by atoms with E-state index >= 15 is 0 Å². The predicted octanol–water partition coefficient (Wildman–Crippen LogP) is 4.45. The van der Waals surface area contributed by atoms with Crippen LogP contribution in [-0.2, 0) is 6.54 Å². The van der Waals surface area contributed by atoms with Gasteiger partial charge in [0.25, 0.3) is 11.5 Å². The number of carbonyl (C=O) groups is 1. The molecule has 2 N–H and O–H groups in total. The lowest BCUT2D eigenvalue weighted by atomic mass is 10.1. The summed E-state index contributed by atoms with van der Waals surface area (Å²) in [5.41, 5.74) is 8.67. The van der Waals surface area contributed by atoms with Crippen LogP contribution in [-0.4, -0.2) is 38.1 Å². The van der Waals surface area contributed by atoms with E-state index < -0.39 is 0 Å². The van der Waals surface area contributed by atoms with Gasteiger partial charge in [-0.25, -0.2) is 4.52 Å². The van der Waals surface area contributed by atoms with Gasteiger partial charge in [0.05, 0.1) is 17.6 Å². The van der Waals surface area contributed by atoms with Crippen molar-refractivity contribution >= 4 is 23.0 Å². The van der Waals surface area contributed by atoms with Crippen molar-refractivity contribution in [3.63, 3.8) is 0 Å². The number of rotatable bonds is 9. The Balaban J connectivity index is 1.67. The van der Waals surface area contributed by atoms with E-state index in [2.05, 4.69) is 0 Å². The molecule has 0 radical (unpaired) electrons. The van der Waals surface area contributed by atoms with Gasteiger partial charge in [-0.1, -0.05) is 59.6 Å². The van der Waals surface area contributed by atoms with Crippen LogP contribution in [0.3, 0.4) is 0 Å². The summed E-state index contributed by atoms with van der Waals surface area (Å²) in [4.78, 5) is 29.5. The minimum atomic E-state index is -0.354. The zero-order valence-corrected chi connectivity index (χ0v) is 21.1. The molecule has 1 atom stereocenters. The molecule has 1 amide bonds. The Bertz CT molecular complexity index is 1420. The lowest BCUT2D eigenvalue weighted by molar-refractivity contribution is 0.0632. The van der Waals surface area contributed by atoms with Gasteiger partial charge in [0.15, 0.2) is 5.82 Å². The number of halogens is 1. The van der Waals surface area contributed by atoms with Crippen molar-refractivity contribution in [1.29, 1.82) is 0 Å². The third-order valence-electron chi connectivity index (χ3n) is 6.77. The first-order valence-electron chi connectivity index (χ1n) is 12.4. The molecule has 8 heteroatoms. The summed E-state index contributed by atoms with van der Waals surface area (Å²) < 4.78 is 3.24. The number of carbonyl (C=O) groups excluding carboxylic acids is 1. The number of amides is 1. The molecule has 2 aromatic heterocycles. The lowest BCUT2D eigenvalue weighted by Crippen LogP contribution is -2.41. The maximum atomic E-state index is 13.9. The number of fused-ring (bicyclic) bond motifs is 1. The third kappa shape index (κ3) is 4.81. The Morgan fingerprint density at radius 1 is 1.14 bits per heavy atom. The topological polar surface area (TPSA) is 85.6 Å². The maximum Gasteiger partial charge on any atom is 0.279 e. The summed E-state index contributed by atoms with van der Waals surface area (Å²) >= 11 is 6.38. The van der Waals surface area contributed by atoms with E-state index in [4.69, 9.17) is 22.4 Å². The molecule has 186 valence electrons. The maximum absolute atomic E-state index is 13.9. The van der Waals surface area contributed by atoms with E-state index in [-0.39, 0.29) is 23.4 Å². The second kappa shape index (κ2) is 10.3. The first-order valence-corrected chi connectivity index (χ1v) is 12.7. The van der Waals surface area contributed by atoms with E-state index in [1.54, 1.807) is 21.3 Å². The van der Waals surface area contributed by atoms with Crippen LogP contribution in [0.2, 0.25) is 5.02 Å². The van der Waals surface area contributed by atoms with E-state index in [0.717, 1.165) is 24.0 Å². The molecule has 1 aliphatic rings. The van der Waals surface area contributed by atoms with Crippen LogP contribution in [0.25, 0.3) is 5.52 Å². The van der Waals surface area contributed by atoms with Gasteiger partial charge in [-0.15, -0.1) is 0 Å². The molecule has 0 bridgehead atoms. The summed E-state index contributed by atoms with van der Waals surface area (Å²) in [5.74, 6) is 0.713. The zero-order valence-electron chi connectivity index (χ0n) is 20.3. The molecule has 4 aromatic rings. The van der Waals surface area contributed by atoms with Gasteiger partial charge < -0.3 is 10.6 Å². The standard InChI is InChI=1S/C28H30ClN5O2/c1-19-8-10-22(11-9-19)27(35)32(16-5-15-30)24(21-12-13-21)26-31-34-17-14-23(29)25(34)28(36)33(26)18-20-6-3-2-4-7-20/h2-4,6-11,14,17,21,24H,5,12-13,15-16,18,30H2,1H3/t24-/m1/s1. The largest absolute Gasteiger partial charge is 0.330 e. The summed E-state index contributed by atoms with van der Waals surface area (Å²) in [6.45, 7) is 3.28. The van der Waals surface area contributed by atoms with Gasteiger partial charge in [0.2, 0.25) is 0 Å². The predicted molar refractivity (Wildman–Crippen MR) is 141 cm³/mol. The lowest BCUT2D eigenvalue weighted by Gasteiger charge is -2.33. The first-order chi connectivity index (χ1) is 17.5. The fourth-order valence-electron chi connectivity index (χ4n) is 4.72. The smallest absolute Gasteiger partial charge is 0.279 e. The average molecular weight is 504 g/mol. The molecule has 7 nitrogen and oxygen atoms in total. The summed E-state index contributed by atoms with van der Waals surface area (Å²) in [5, 5.41) is 5.26. The Morgan fingerprint density at radius 2 is 1.86 bits per heavy atom. The molecule has 2 aromatic carbocycles. The normalized spacial score (nSPS) is 14.2. The van der Waals surface area contributed by atoms with Crippen molar-refractivity contribution < 1.29 is 4.79 Å². The highest BCUT2D eigenvalue weighted by atomic mass is 35.5. The molecular formula is C28H30ClN5O2. The molecule has 0 spiro atoms. The Hall–Kier alpha value is -3.42. The fraction of sp³-hybridized carbons (Fsp3) is 0.321. The molecule has 0 unspecified atom stereocenters. The van der Waals surface area contributed by atoms with Crippen LogP contribution >= 0.6 is 11.6 Å². The number of aromatic nitrogens is 3. The average Bonchev–Trinajstić information content (AvgIpc) is 3.65. The van der Waals surface area contributed by atoms with E-state index in [1.165, 1.54) is 0 Å². The van der Waals surface area contributed by atoms with Crippen molar-refractivity contribution in [2.24, 2.45) is 11.7 Å². The number of hydrogen-bond donors (Lipinski definition) is 1. The summed E-state index contributed by atoms with van der Waals surface area (Å²) in [7, 11) is 0. The van der Waals surface area contributed by atoms with Crippen molar-refractivity contribution in [2.75, 3.05) is 13.1 Å². The second-order valence-electron chi connectivity index (χ2n) is 9.48. The Morgan fingerprint density at radius 3 is 2.53 bits per heavy atom. The van der Waals surface area contributed by atoms with Crippen molar-refractivity contribution in [1.82, 2.24) is 19.1 Å². The number of nitrogens with two attached hydrogens (primary N) is 1. The van der Waals surface area contributed by atoms with Crippen molar-refractivity contribution in [2.45, 2.75) is 38.8 Å². The number of aryl methyl sites for hydroxylation is 1. The van der Waals surface area contributed by atoms with Gasteiger partial charge in [0.1, 0.15) is 5.52 Å². The molecule has 2 heterocycles. The number of hydrogen-bond acceptors (Lipinski definition) is 4. The quantitative estimate of drug-likeness (QED) is 0.365. The van der Waals surface area contributed by atoms with Gasteiger partial charge in [-0.3, -0.25) is 14.2 Å². The van der Waals surface area contributed by atoms with Crippen molar-refractivity contribution in [3.8, 4) is 0 Å². The van der Waals surface area contributed by atoms with E-state index in [9.17, 15) is 9.59 Å². The molecule has 0 aliphatic heterocycles.